The van der Waals surface area contributed by atoms with Crippen molar-refractivity contribution < 1.29 is 4.79 Å². The van der Waals surface area contributed by atoms with Crippen molar-refractivity contribution in [2.75, 3.05) is 12.4 Å². The standard InChI is InChI=1S/C13H15N3OS/c1-9(12-7-18-8-15-12)16-11-5-3-10(4-6-11)13(17)14-2/h3-9,16H,1-2H3,(H,14,17). The Labute approximate surface area is 110 Å². The fourth-order valence-electron chi connectivity index (χ4n) is 1.62. The molecule has 0 aliphatic heterocycles. The number of anilines is 1. The molecule has 2 rings (SSSR count). The summed E-state index contributed by atoms with van der Waals surface area (Å²) in [6.45, 7) is 2.06. The topological polar surface area (TPSA) is 54.0 Å². The Morgan fingerprint density at radius 2 is 2.06 bits per heavy atom. The summed E-state index contributed by atoms with van der Waals surface area (Å²) >= 11 is 1.58. The molecule has 94 valence electrons. The first-order valence-electron chi connectivity index (χ1n) is 5.67. The SMILES string of the molecule is CNC(=O)c1ccc(NC(C)c2cscn2)cc1. The molecule has 1 amide bonds. The molecule has 0 bridgehead atoms. The summed E-state index contributed by atoms with van der Waals surface area (Å²) in [6.07, 6.45) is 0. The number of benzene rings is 1. The number of carbonyl (C=O) groups is 1. The van der Waals surface area contributed by atoms with Gasteiger partial charge < -0.3 is 10.6 Å². The maximum Gasteiger partial charge on any atom is 0.251 e. The predicted molar refractivity (Wildman–Crippen MR) is 74.0 cm³/mol. The largest absolute Gasteiger partial charge is 0.377 e. The zero-order valence-corrected chi connectivity index (χ0v) is 11.1. The van der Waals surface area contributed by atoms with Crippen molar-refractivity contribution in [1.29, 1.82) is 0 Å². The molecule has 0 radical (unpaired) electrons. The molecule has 1 heterocycles. The highest BCUT2D eigenvalue weighted by Crippen LogP contribution is 2.19. The lowest BCUT2D eigenvalue weighted by Gasteiger charge is -2.13. The molecule has 0 fully saturated rings. The van der Waals surface area contributed by atoms with Crippen molar-refractivity contribution in [3.05, 3.63) is 46.4 Å². The van der Waals surface area contributed by atoms with Crippen LogP contribution in [0.2, 0.25) is 0 Å². The van der Waals surface area contributed by atoms with E-state index in [1.165, 1.54) is 0 Å². The molecule has 18 heavy (non-hydrogen) atoms. The maximum atomic E-state index is 11.4. The number of aromatic nitrogens is 1. The van der Waals surface area contributed by atoms with Crippen LogP contribution in [0.5, 0.6) is 0 Å². The maximum absolute atomic E-state index is 11.4. The van der Waals surface area contributed by atoms with Crippen LogP contribution in [0.4, 0.5) is 5.69 Å². The van der Waals surface area contributed by atoms with Crippen molar-refractivity contribution in [3.63, 3.8) is 0 Å². The van der Waals surface area contributed by atoms with Gasteiger partial charge in [-0.15, -0.1) is 11.3 Å². The number of amides is 1. The van der Waals surface area contributed by atoms with Gasteiger partial charge in [0.25, 0.3) is 5.91 Å². The van der Waals surface area contributed by atoms with Gasteiger partial charge in [0.05, 0.1) is 17.2 Å². The third kappa shape index (κ3) is 2.87. The quantitative estimate of drug-likeness (QED) is 0.889. The highest BCUT2D eigenvalue weighted by atomic mass is 32.1. The minimum Gasteiger partial charge on any atom is -0.377 e. The van der Waals surface area contributed by atoms with Crippen LogP contribution in [0, 0.1) is 0 Å². The molecule has 0 saturated heterocycles. The molecule has 2 aromatic rings. The van der Waals surface area contributed by atoms with Gasteiger partial charge in [-0.3, -0.25) is 4.79 Å². The second-order valence-electron chi connectivity index (χ2n) is 3.94. The lowest BCUT2D eigenvalue weighted by atomic mass is 10.1. The van der Waals surface area contributed by atoms with E-state index in [1.54, 1.807) is 30.5 Å². The first-order chi connectivity index (χ1) is 8.70. The molecule has 1 aromatic carbocycles. The van der Waals surface area contributed by atoms with E-state index in [9.17, 15) is 4.79 Å². The average Bonchev–Trinajstić information content (AvgIpc) is 2.92. The van der Waals surface area contributed by atoms with E-state index >= 15 is 0 Å². The average molecular weight is 261 g/mol. The fraction of sp³-hybridized carbons (Fsp3) is 0.231. The van der Waals surface area contributed by atoms with Crippen LogP contribution in [-0.4, -0.2) is 17.9 Å². The van der Waals surface area contributed by atoms with Gasteiger partial charge in [0.2, 0.25) is 0 Å². The zero-order chi connectivity index (χ0) is 13.0. The van der Waals surface area contributed by atoms with Gasteiger partial charge in [0.1, 0.15) is 0 Å². The van der Waals surface area contributed by atoms with Crippen LogP contribution < -0.4 is 10.6 Å². The number of carbonyl (C=O) groups excluding carboxylic acids is 1. The summed E-state index contributed by atoms with van der Waals surface area (Å²) < 4.78 is 0. The summed E-state index contributed by atoms with van der Waals surface area (Å²) in [5.74, 6) is -0.0749. The molecular formula is C13H15N3OS. The van der Waals surface area contributed by atoms with E-state index in [0.29, 0.717) is 5.56 Å². The molecule has 5 heteroatoms. The first kappa shape index (κ1) is 12.6. The lowest BCUT2D eigenvalue weighted by Crippen LogP contribution is -2.17. The Bertz CT molecular complexity index is 508. The number of nitrogens with zero attached hydrogens (tertiary/aromatic N) is 1. The van der Waals surface area contributed by atoms with Crippen LogP contribution in [-0.2, 0) is 0 Å². The highest BCUT2D eigenvalue weighted by molar-refractivity contribution is 7.07. The van der Waals surface area contributed by atoms with E-state index < -0.39 is 0 Å². The number of hydrogen-bond donors (Lipinski definition) is 2. The Morgan fingerprint density at radius 1 is 1.33 bits per heavy atom. The first-order valence-corrected chi connectivity index (χ1v) is 6.61. The van der Waals surface area contributed by atoms with E-state index in [1.807, 2.05) is 23.0 Å². The Morgan fingerprint density at radius 3 is 2.61 bits per heavy atom. The van der Waals surface area contributed by atoms with Gasteiger partial charge in [0, 0.05) is 23.7 Å². The molecule has 0 saturated carbocycles. The molecule has 2 N–H and O–H groups in total. The second kappa shape index (κ2) is 5.64. The summed E-state index contributed by atoms with van der Waals surface area (Å²) in [5.41, 5.74) is 4.48. The number of hydrogen-bond acceptors (Lipinski definition) is 4. The monoisotopic (exact) mass is 261 g/mol. The Hall–Kier alpha value is -1.88. The van der Waals surface area contributed by atoms with Crippen LogP contribution in [0.3, 0.4) is 0 Å². The van der Waals surface area contributed by atoms with Crippen molar-refractivity contribution in [1.82, 2.24) is 10.3 Å². The van der Waals surface area contributed by atoms with Crippen molar-refractivity contribution >= 4 is 22.9 Å². The van der Waals surface area contributed by atoms with Gasteiger partial charge in [-0.1, -0.05) is 0 Å². The smallest absolute Gasteiger partial charge is 0.251 e. The number of thiazole rings is 1. The molecule has 0 spiro atoms. The zero-order valence-electron chi connectivity index (χ0n) is 10.3. The summed E-state index contributed by atoms with van der Waals surface area (Å²) in [4.78, 5) is 15.7. The predicted octanol–water partition coefficient (Wildman–Crippen LogP) is 2.68. The summed E-state index contributed by atoms with van der Waals surface area (Å²) in [7, 11) is 1.62. The molecule has 4 nitrogen and oxygen atoms in total. The van der Waals surface area contributed by atoms with Gasteiger partial charge in [0.15, 0.2) is 0 Å². The van der Waals surface area contributed by atoms with E-state index in [-0.39, 0.29) is 11.9 Å². The van der Waals surface area contributed by atoms with Crippen LogP contribution in [0.1, 0.15) is 29.0 Å². The van der Waals surface area contributed by atoms with Crippen molar-refractivity contribution in [2.45, 2.75) is 13.0 Å². The van der Waals surface area contributed by atoms with Crippen LogP contribution in [0.15, 0.2) is 35.2 Å². The van der Waals surface area contributed by atoms with Gasteiger partial charge >= 0.3 is 0 Å². The molecule has 0 aliphatic rings. The molecule has 1 atom stereocenters. The number of nitrogens with one attached hydrogen (secondary N) is 2. The van der Waals surface area contributed by atoms with Crippen LogP contribution >= 0.6 is 11.3 Å². The lowest BCUT2D eigenvalue weighted by molar-refractivity contribution is 0.0963. The Balaban J connectivity index is 2.04. The van der Waals surface area contributed by atoms with Gasteiger partial charge in [-0.2, -0.15) is 0 Å². The highest BCUT2D eigenvalue weighted by Gasteiger charge is 2.07. The molecule has 1 unspecified atom stereocenters. The summed E-state index contributed by atoms with van der Waals surface area (Å²) in [5, 5.41) is 7.96. The van der Waals surface area contributed by atoms with E-state index in [4.69, 9.17) is 0 Å². The molecule has 1 aromatic heterocycles. The number of rotatable bonds is 4. The van der Waals surface area contributed by atoms with Crippen molar-refractivity contribution in [3.8, 4) is 0 Å². The van der Waals surface area contributed by atoms with Crippen LogP contribution in [0.25, 0.3) is 0 Å². The third-order valence-corrected chi connectivity index (χ3v) is 3.26. The molecular weight excluding hydrogens is 246 g/mol. The molecule has 0 aliphatic carbocycles. The van der Waals surface area contributed by atoms with E-state index in [2.05, 4.69) is 22.5 Å². The minimum absolute atomic E-state index is 0.0749. The third-order valence-electron chi connectivity index (χ3n) is 2.65. The normalized spacial score (nSPS) is 11.9. The summed E-state index contributed by atoms with van der Waals surface area (Å²) in [6, 6.07) is 7.55. The fourth-order valence-corrected chi connectivity index (χ4v) is 2.27. The second-order valence-corrected chi connectivity index (χ2v) is 4.65. The van der Waals surface area contributed by atoms with Gasteiger partial charge in [-0.05, 0) is 31.2 Å². The van der Waals surface area contributed by atoms with E-state index in [0.717, 1.165) is 11.4 Å². The van der Waals surface area contributed by atoms with Crippen molar-refractivity contribution in [2.24, 2.45) is 0 Å². The Kier molecular flexibility index (Phi) is 3.94. The minimum atomic E-state index is -0.0749. The van der Waals surface area contributed by atoms with Gasteiger partial charge in [-0.25, -0.2) is 4.98 Å².